The highest BCUT2D eigenvalue weighted by Gasteiger charge is 2.30. The molecule has 27 heavy (non-hydrogen) atoms. The molecular formula is C18H22F3N5O. The number of hydrogen-bond acceptors (Lipinski definition) is 3. The minimum Gasteiger partial charge on any atom is -0.370 e. The Balaban J connectivity index is 1.60. The van der Waals surface area contributed by atoms with Gasteiger partial charge in [-0.3, -0.25) is 9.67 Å². The molecule has 0 spiro atoms. The summed E-state index contributed by atoms with van der Waals surface area (Å²) in [5, 5.41) is 7.38. The van der Waals surface area contributed by atoms with Gasteiger partial charge < -0.3 is 15.0 Å². The van der Waals surface area contributed by atoms with Crippen molar-refractivity contribution in [2.24, 2.45) is 12.0 Å². The molecule has 2 aromatic rings. The first-order chi connectivity index (χ1) is 12.9. The van der Waals surface area contributed by atoms with Crippen molar-refractivity contribution in [2.45, 2.75) is 18.8 Å². The van der Waals surface area contributed by atoms with Crippen LogP contribution in [0, 0.1) is 0 Å². The van der Waals surface area contributed by atoms with Crippen LogP contribution in [0.5, 0.6) is 0 Å². The first-order valence-corrected chi connectivity index (χ1v) is 8.58. The van der Waals surface area contributed by atoms with Crippen molar-refractivity contribution < 1.29 is 17.9 Å². The van der Waals surface area contributed by atoms with Crippen LogP contribution in [0.1, 0.15) is 22.8 Å². The molecule has 1 fully saturated rings. The summed E-state index contributed by atoms with van der Waals surface area (Å²) in [4.78, 5) is 6.37. The van der Waals surface area contributed by atoms with E-state index in [1.807, 2.05) is 13.2 Å². The molecule has 1 aliphatic rings. The number of rotatable bonds is 3. The van der Waals surface area contributed by atoms with Crippen LogP contribution in [0.4, 0.5) is 13.2 Å². The zero-order valence-electron chi connectivity index (χ0n) is 15.2. The number of aliphatic imine (C=N–C) groups is 1. The maximum absolute atomic E-state index is 12.7. The first kappa shape index (κ1) is 19.2. The Morgan fingerprint density at radius 3 is 2.67 bits per heavy atom. The molecule has 6 nitrogen and oxygen atoms in total. The third-order valence-corrected chi connectivity index (χ3v) is 4.41. The second-order valence-corrected chi connectivity index (χ2v) is 6.35. The molecular weight excluding hydrogens is 359 g/mol. The van der Waals surface area contributed by atoms with Crippen LogP contribution in [-0.4, -0.2) is 47.4 Å². The molecule has 3 rings (SSSR count). The number of ether oxygens (including phenoxy) is 1. The lowest BCUT2D eigenvalue weighted by atomic mass is 10.1. The van der Waals surface area contributed by atoms with E-state index in [1.54, 1.807) is 17.9 Å². The highest BCUT2D eigenvalue weighted by Crippen LogP contribution is 2.29. The largest absolute Gasteiger partial charge is 0.416 e. The van der Waals surface area contributed by atoms with Crippen LogP contribution in [0.25, 0.3) is 0 Å². The summed E-state index contributed by atoms with van der Waals surface area (Å²) in [6, 6.07) is 5.13. The summed E-state index contributed by atoms with van der Waals surface area (Å²) in [6.07, 6.45) is -0.715. The summed E-state index contributed by atoms with van der Waals surface area (Å²) in [6.45, 7) is 2.25. The fourth-order valence-electron chi connectivity index (χ4n) is 2.97. The van der Waals surface area contributed by atoms with Crippen LogP contribution in [0.15, 0.2) is 41.7 Å². The molecule has 9 heteroatoms. The van der Waals surface area contributed by atoms with E-state index in [0.717, 1.165) is 23.3 Å². The minimum atomic E-state index is -4.32. The molecule has 146 valence electrons. The Labute approximate surface area is 155 Å². The quantitative estimate of drug-likeness (QED) is 0.656. The molecule has 1 saturated heterocycles. The van der Waals surface area contributed by atoms with E-state index in [-0.39, 0.29) is 6.10 Å². The number of aryl methyl sites for hydroxylation is 1. The fraction of sp³-hybridized carbons (Fsp3) is 0.444. The van der Waals surface area contributed by atoms with Gasteiger partial charge in [0.05, 0.1) is 24.9 Å². The Kier molecular flexibility index (Phi) is 5.69. The lowest BCUT2D eigenvalue weighted by Gasteiger charge is -2.34. The molecule has 1 aromatic carbocycles. The van der Waals surface area contributed by atoms with Crippen molar-refractivity contribution in [3.63, 3.8) is 0 Å². The van der Waals surface area contributed by atoms with E-state index >= 15 is 0 Å². The van der Waals surface area contributed by atoms with E-state index in [9.17, 15) is 13.2 Å². The Bertz CT molecular complexity index is 785. The van der Waals surface area contributed by atoms with Gasteiger partial charge in [-0.15, -0.1) is 0 Å². The van der Waals surface area contributed by atoms with E-state index < -0.39 is 11.7 Å². The number of morpholine rings is 1. The standard InChI is InChI=1S/C18H22F3N5O/c1-22-17(23-9-13-3-5-15(6-4-13)18(19,20)21)26-7-8-27-16(12-26)14-10-24-25(2)11-14/h3-6,10-11,16H,7-9,12H2,1-2H3,(H,22,23). The Hall–Kier alpha value is -2.55. The van der Waals surface area contributed by atoms with Gasteiger partial charge in [-0.1, -0.05) is 12.1 Å². The lowest BCUT2D eigenvalue weighted by molar-refractivity contribution is -0.137. The first-order valence-electron chi connectivity index (χ1n) is 8.58. The van der Waals surface area contributed by atoms with Crippen LogP contribution < -0.4 is 5.32 Å². The molecule has 1 N–H and O–H groups in total. The highest BCUT2D eigenvalue weighted by molar-refractivity contribution is 5.80. The van der Waals surface area contributed by atoms with E-state index in [0.29, 0.717) is 32.2 Å². The highest BCUT2D eigenvalue weighted by atomic mass is 19.4. The fourth-order valence-corrected chi connectivity index (χ4v) is 2.97. The molecule has 0 radical (unpaired) electrons. The van der Waals surface area contributed by atoms with Crippen molar-refractivity contribution in [1.82, 2.24) is 20.0 Å². The molecule has 1 unspecified atom stereocenters. The third kappa shape index (κ3) is 4.79. The average Bonchev–Trinajstić information content (AvgIpc) is 3.09. The third-order valence-electron chi connectivity index (χ3n) is 4.41. The molecule has 0 aliphatic carbocycles. The van der Waals surface area contributed by atoms with Crippen LogP contribution in [-0.2, 0) is 24.5 Å². The maximum Gasteiger partial charge on any atom is 0.416 e. The number of nitrogens with zero attached hydrogens (tertiary/aromatic N) is 4. The second kappa shape index (κ2) is 7.99. The summed E-state index contributed by atoms with van der Waals surface area (Å²) in [7, 11) is 3.54. The zero-order valence-corrected chi connectivity index (χ0v) is 15.2. The van der Waals surface area contributed by atoms with Crippen LogP contribution >= 0.6 is 0 Å². The number of alkyl halides is 3. The second-order valence-electron chi connectivity index (χ2n) is 6.35. The predicted octanol–water partition coefficient (Wildman–Crippen LogP) is 2.59. The van der Waals surface area contributed by atoms with Gasteiger partial charge in [0.1, 0.15) is 6.10 Å². The summed E-state index contributed by atoms with van der Waals surface area (Å²) in [5.74, 6) is 0.687. The van der Waals surface area contributed by atoms with E-state index in [2.05, 4.69) is 20.3 Å². The summed E-state index contributed by atoms with van der Waals surface area (Å²) in [5.41, 5.74) is 1.10. The summed E-state index contributed by atoms with van der Waals surface area (Å²) >= 11 is 0. The van der Waals surface area contributed by atoms with Gasteiger partial charge in [0.2, 0.25) is 0 Å². The Morgan fingerprint density at radius 2 is 2.07 bits per heavy atom. The van der Waals surface area contributed by atoms with Crippen molar-refractivity contribution in [2.75, 3.05) is 26.7 Å². The lowest BCUT2D eigenvalue weighted by Crippen LogP contribution is -2.47. The number of guanidine groups is 1. The topological polar surface area (TPSA) is 54.7 Å². The van der Waals surface area contributed by atoms with Gasteiger partial charge in [0.25, 0.3) is 0 Å². The van der Waals surface area contributed by atoms with Gasteiger partial charge in [0, 0.05) is 38.9 Å². The van der Waals surface area contributed by atoms with Gasteiger partial charge >= 0.3 is 6.18 Å². The van der Waals surface area contributed by atoms with Crippen molar-refractivity contribution in [3.8, 4) is 0 Å². The number of nitrogens with one attached hydrogen (secondary N) is 1. The van der Waals surface area contributed by atoms with Crippen LogP contribution in [0.2, 0.25) is 0 Å². The van der Waals surface area contributed by atoms with Crippen molar-refractivity contribution >= 4 is 5.96 Å². The van der Waals surface area contributed by atoms with Crippen LogP contribution in [0.3, 0.4) is 0 Å². The number of benzene rings is 1. The molecule has 0 amide bonds. The molecule has 2 heterocycles. The molecule has 0 bridgehead atoms. The predicted molar refractivity (Wildman–Crippen MR) is 95.1 cm³/mol. The van der Waals surface area contributed by atoms with Crippen molar-refractivity contribution in [1.29, 1.82) is 0 Å². The smallest absolute Gasteiger partial charge is 0.370 e. The number of halogens is 3. The molecule has 1 aromatic heterocycles. The normalized spacial score (nSPS) is 18.6. The summed E-state index contributed by atoms with van der Waals surface area (Å²) < 4.78 is 45.5. The maximum atomic E-state index is 12.7. The van der Waals surface area contributed by atoms with E-state index in [4.69, 9.17) is 4.74 Å². The van der Waals surface area contributed by atoms with Gasteiger partial charge in [-0.05, 0) is 17.7 Å². The van der Waals surface area contributed by atoms with Gasteiger partial charge in [-0.25, -0.2) is 0 Å². The number of hydrogen-bond donors (Lipinski definition) is 1. The molecule has 0 saturated carbocycles. The zero-order chi connectivity index (χ0) is 19.4. The van der Waals surface area contributed by atoms with E-state index in [1.165, 1.54) is 12.1 Å². The molecule has 1 aliphatic heterocycles. The van der Waals surface area contributed by atoms with Gasteiger partial charge in [0.15, 0.2) is 5.96 Å². The van der Waals surface area contributed by atoms with Gasteiger partial charge in [-0.2, -0.15) is 18.3 Å². The molecule has 1 atom stereocenters. The monoisotopic (exact) mass is 381 g/mol. The number of aromatic nitrogens is 2. The Morgan fingerprint density at radius 1 is 1.33 bits per heavy atom. The minimum absolute atomic E-state index is 0.0999. The SMILES string of the molecule is CN=C(NCc1ccc(C(F)(F)F)cc1)N1CCOC(c2cnn(C)c2)C1. The average molecular weight is 381 g/mol. The van der Waals surface area contributed by atoms with Crippen molar-refractivity contribution in [3.05, 3.63) is 53.3 Å².